The van der Waals surface area contributed by atoms with E-state index in [1.54, 1.807) is 0 Å². The third kappa shape index (κ3) is 2.35. The van der Waals surface area contributed by atoms with Crippen molar-refractivity contribution in [1.29, 1.82) is 0 Å². The lowest BCUT2D eigenvalue weighted by molar-refractivity contribution is -0.164. The van der Waals surface area contributed by atoms with E-state index in [9.17, 15) is 9.59 Å². The molecule has 3 fully saturated rings. The summed E-state index contributed by atoms with van der Waals surface area (Å²) < 4.78 is 0. The fourth-order valence-electron chi connectivity index (χ4n) is 4.44. The Labute approximate surface area is 127 Å². The highest BCUT2D eigenvalue weighted by Crippen LogP contribution is 2.33. The Kier molecular flexibility index (Phi) is 3.95. The summed E-state index contributed by atoms with van der Waals surface area (Å²) in [6, 6.07) is -0.180. The molecule has 0 aromatic rings. The van der Waals surface area contributed by atoms with Gasteiger partial charge >= 0.3 is 0 Å². The number of carbonyl (C=O) groups is 2. The van der Waals surface area contributed by atoms with E-state index in [1.165, 1.54) is 0 Å². The first kappa shape index (κ1) is 14.8. The first-order valence-corrected chi connectivity index (χ1v) is 8.35. The van der Waals surface area contributed by atoms with E-state index in [4.69, 9.17) is 0 Å². The SMILES string of the molecule is CCC1C(=O)N2CCCC2C(=O)N1C1CCN(C)CC1C. The molecular formula is C16H27N3O2. The molecule has 0 aromatic carbocycles. The topological polar surface area (TPSA) is 43.9 Å². The largest absolute Gasteiger partial charge is 0.329 e. The van der Waals surface area contributed by atoms with Crippen LogP contribution in [0.2, 0.25) is 0 Å². The van der Waals surface area contributed by atoms with Crippen molar-refractivity contribution >= 4 is 11.8 Å². The quantitative estimate of drug-likeness (QED) is 0.761. The Morgan fingerprint density at radius 3 is 2.57 bits per heavy atom. The maximum absolute atomic E-state index is 13.0. The molecule has 3 heterocycles. The van der Waals surface area contributed by atoms with Crippen LogP contribution >= 0.6 is 0 Å². The van der Waals surface area contributed by atoms with Gasteiger partial charge in [0, 0.05) is 19.1 Å². The summed E-state index contributed by atoms with van der Waals surface area (Å²) in [6.45, 7) is 7.03. The first-order chi connectivity index (χ1) is 10.0. The van der Waals surface area contributed by atoms with E-state index in [0.717, 1.165) is 45.3 Å². The van der Waals surface area contributed by atoms with E-state index in [2.05, 4.69) is 18.9 Å². The molecule has 0 bridgehead atoms. The van der Waals surface area contributed by atoms with Gasteiger partial charge in [-0.05, 0) is 45.2 Å². The van der Waals surface area contributed by atoms with E-state index in [-0.39, 0.29) is 29.9 Å². The highest BCUT2D eigenvalue weighted by molar-refractivity contribution is 5.97. The molecule has 3 aliphatic rings. The van der Waals surface area contributed by atoms with Crippen LogP contribution in [0, 0.1) is 5.92 Å². The molecule has 0 aliphatic carbocycles. The number of hydrogen-bond acceptors (Lipinski definition) is 3. The Balaban J connectivity index is 1.87. The number of likely N-dealkylation sites (tertiary alicyclic amines) is 1. The van der Waals surface area contributed by atoms with Crippen molar-refractivity contribution in [2.45, 2.75) is 57.7 Å². The standard InChI is InChI=1S/C16H27N3O2/c1-4-12-15(20)18-8-5-6-14(18)16(21)19(12)13-7-9-17(3)10-11(13)2/h11-14H,4-10H2,1-3H3. The Bertz CT molecular complexity index is 439. The zero-order chi connectivity index (χ0) is 15.1. The van der Waals surface area contributed by atoms with Crippen molar-refractivity contribution in [3.8, 4) is 0 Å². The van der Waals surface area contributed by atoms with Gasteiger partial charge in [0.15, 0.2) is 0 Å². The van der Waals surface area contributed by atoms with Crippen LogP contribution in [0.15, 0.2) is 0 Å². The lowest BCUT2D eigenvalue weighted by atomic mass is 9.89. The fourth-order valence-corrected chi connectivity index (χ4v) is 4.44. The van der Waals surface area contributed by atoms with Crippen LogP contribution in [0.3, 0.4) is 0 Å². The zero-order valence-corrected chi connectivity index (χ0v) is 13.4. The van der Waals surface area contributed by atoms with Crippen LogP contribution in [-0.2, 0) is 9.59 Å². The van der Waals surface area contributed by atoms with Crippen LogP contribution in [0.25, 0.3) is 0 Å². The predicted molar refractivity (Wildman–Crippen MR) is 80.7 cm³/mol. The molecule has 3 aliphatic heterocycles. The van der Waals surface area contributed by atoms with Crippen molar-refractivity contribution in [3.05, 3.63) is 0 Å². The van der Waals surface area contributed by atoms with Crippen LogP contribution in [0.5, 0.6) is 0 Å². The van der Waals surface area contributed by atoms with E-state index in [0.29, 0.717) is 5.92 Å². The third-order valence-corrected chi connectivity index (χ3v) is 5.50. The summed E-state index contributed by atoms with van der Waals surface area (Å²) in [5, 5.41) is 0. The van der Waals surface area contributed by atoms with Gasteiger partial charge < -0.3 is 14.7 Å². The Morgan fingerprint density at radius 2 is 1.90 bits per heavy atom. The second-order valence-electron chi connectivity index (χ2n) is 6.95. The van der Waals surface area contributed by atoms with Gasteiger partial charge in [0.2, 0.25) is 11.8 Å². The van der Waals surface area contributed by atoms with Gasteiger partial charge in [-0.3, -0.25) is 9.59 Å². The Morgan fingerprint density at radius 1 is 1.14 bits per heavy atom. The average Bonchev–Trinajstić information content (AvgIpc) is 2.93. The summed E-state index contributed by atoms with van der Waals surface area (Å²) in [5.74, 6) is 0.827. The second-order valence-corrected chi connectivity index (χ2v) is 6.95. The van der Waals surface area contributed by atoms with Gasteiger partial charge in [0.25, 0.3) is 0 Å². The number of piperazine rings is 1. The highest BCUT2D eigenvalue weighted by Gasteiger charge is 2.50. The monoisotopic (exact) mass is 293 g/mol. The highest BCUT2D eigenvalue weighted by atomic mass is 16.2. The molecule has 0 saturated carbocycles. The maximum Gasteiger partial charge on any atom is 0.246 e. The van der Waals surface area contributed by atoms with Gasteiger partial charge in [0.05, 0.1) is 0 Å². The molecular weight excluding hydrogens is 266 g/mol. The third-order valence-electron chi connectivity index (χ3n) is 5.50. The average molecular weight is 293 g/mol. The van der Waals surface area contributed by atoms with Crippen LogP contribution in [-0.4, -0.2) is 71.3 Å². The molecule has 3 saturated heterocycles. The molecule has 0 spiro atoms. The predicted octanol–water partition coefficient (Wildman–Crippen LogP) is 0.938. The molecule has 5 heteroatoms. The molecule has 0 N–H and O–H groups in total. The van der Waals surface area contributed by atoms with Crippen LogP contribution < -0.4 is 0 Å². The van der Waals surface area contributed by atoms with Crippen molar-refractivity contribution in [3.63, 3.8) is 0 Å². The fraction of sp³-hybridized carbons (Fsp3) is 0.875. The molecule has 4 atom stereocenters. The normalized spacial score (nSPS) is 38.0. The molecule has 2 amide bonds. The molecule has 118 valence electrons. The molecule has 0 radical (unpaired) electrons. The van der Waals surface area contributed by atoms with Crippen LogP contribution in [0.4, 0.5) is 0 Å². The molecule has 21 heavy (non-hydrogen) atoms. The number of rotatable bonds is 2. The minimum Gasteiger partial charge on any atom is -0.329 e. The smallest absolute Gasteiger partial charge is 0.246 e. The summed E-state index contributed by atoms with van der Waals surface area (Å²) in [5.41, 5.74) is 0. The van der Waals surface area contributed by atoms with Gasteiger partial charge in [-0.2, -0.15) is 0 Å². The van der Waals surface area contributed by atoms with Crippen molar-refractivity contribution in [1.82, 2.24) is 14.7 Å². The number of nitrogens with zero attached hydrogens (tertiary/aromatic N) is 3. The summed E-state index contributed by atoms with van der Waals surface area (Å²) in [7, 11) is 2.13. The summed E-state index contributed by atoms with van der Waals surface area (Å²) >= 11 is 0. The van der Waals surface area contributed by atoms with Crippen LogP contribution in [0.1, 0.15) is 39.5 Å². The molecule has 0 aromatic heterocycles. The van der Waals surface area contributed by atoms with Gasteiger partial charge in [-0.25, -0.2) is 0 Å². The molecule has 5 nitrogen and oxygen atoms in total. The molecule has 4 unspecified atom stereocenters. The second kappa shape index (κ2) is 5.59. The van der Waals surface area contributed by atoms with E-state index >= 15 is 0 Å². The minimum atomic E-state index is -0.234. The van der Waals surface area contributed by atoms with Crippen molar-refractivity contribution < 1.29 is 9.59 Å². The number of amides is 2. The summed E-state index contributed by atoms with van der Waals surface area (Å²) in [6.07, 6.45) is 3.53. The Hall–Kier alpha value is -1.10. The number of carbonyl (C=O) groups excluding carboxylic acids is 2. The number of fused-ring (bicyclic) bond motifs is 1. The van der Waals surface area contributed by atoms with Crippen molar-refractivity contribution in [2.24, 2.45) is 5.92 Å². The minimum absolute atomic E-state index is 0.174. The number of hydrogen-bond donors (Lipinski definition) is 0. The lowest BCUT2D eigenvalue weighted by Gasteiger charge is -2.49. The summed E-state index contributed by atoms with van der Waals surface area (Å²) in [4.78, 5) is 31.8. The van der Waals surface area contributed by atoms with Crippen molar-refractivity contribution in [2.75, 3.05) is 26.7 Å². The van der Waals surface area contributed by atoms with Gasteiger partial charge in [-0.1, -0.05) is 13.8 Å². The lowest BCUT2D eigenvalue weighted by Crippen LogP contribution is -2.67. The zero-order valence-electron chi connectivity index (χ0n) is 13.4. The van der Waals surface area contributed by atoms with Gasteiger partial charge in [0.1, 0.15) is 12.1 Å². The molecule has 3 rings (SSSR count). The first-order valence-electron chi connectivity index (χ1n) is 8.35. The maximum atomic E-state index is 13.0. The van der Waals surface area contributed by atoms with Gasteiger partial charge in [-0.15, -0.1) is 0 Å². The van der Waals surface area contributed by atoms with E-state index < -0.39 is 0 Å². The van der Waals surface area contributed by atoms with E-state index in [1.807, 2.05) is 16.7 Å². The number of piperidine rings is 1.